The minimum atomic E-state index is 0.237. The zero-order valence-corrected chi connectivity index (χ0v) is 11.5. The highest BCUT2D eigenvalue weighted by Gasteiger charge is 2.46. The van der Waals surface area contributed by atoms with Crippen LogP contribution in [0, 0.1) is 5.92 Å². The molecule has 0 bridgehead atoms. The Balaban J connectivity index is 1.93. The lowest BCUT2D eigenvalue weighted by Crippen LogP contribution is -2.55. The number of ether oxygens (including phenoxy) is 1. The second-order valence-electron chi connectivity index (χ2n) is 5.80. The van der Waals surface area contributed by atoms with Crippen LogP contribution < -0.4 is 5.73 Å². The van der Waals surface area contributed by atoms with Crippen molar-refractivity contribution in [3.05, 3.63) is 0 Å². The molecule has 0 aromatic heterocycles. The van der Waals surface area contributed by atoms with Gasteiger partial charge in [0.1, 0.15) is 0 Å². The first kappa shape index (κ1) is 13.3. The molecule has 2 atom stereocenters. The van der Waals surface area contributed by atoms with Gasteiger partial charge < -0.3 is 10.5 Å². The smallest absolute Gasteiger partial charge is 0.0702 e. The molecule has 0 spiro atoms. The van der Waals surface area contributed by atoms with Crippen molar-refractivity contribution >= 4 is 0 Å². The van der Waals surface area contributed by atoms with Crippen LogP contribution >= 0.6 is 0 Å². The van der Waals surface area contributed by atoms with E-state index in [0.717, 1.165) is 32.0 Å². The lowest BCUT2D eigenvalue weighted by atomic mass is 9.88. The van der Waals surface area contributed by atoms with Gasteiger partial charge in [-0.2, -0.15) is 0 Å². The van der Waals surface area contributed by atoms with E-state index >= 15 is 0 Å². The van der Waals surface area contributed by atoms with Crippen molar-refractivity contribution in [2.75, 3.05) is 26.7 Å². The zero-order valence-electron chi connectivity index (χ0n) is 11.5. The van der Waals surface area contributed by atoms with E-state index in [1.165, 1.54) is 32.1 Å². The fraction of sp³-hybridized carbons (Fsp3) is 1.00. The van der Waals surface area contributed by atoms with E-state index in [0.29, 0.717) is 6.10 Å². The highest BCUT2D eigenvalue weighted by atomic mass is 16.5. The van der Waals surface area contributed by atoms with E-state index in [2.05, 4.69) is 18.9 Å². The van der Waals surface area contributed by atoms with Gasteiger partial charge in [-0.05, 0) is 51.5 Å². The van der Waals surface area contributed by atoms with Crippen molar-refractivity contribution in [3.63, 3.8) is 0 Å². The number of likely N-dealkylation sites (N-methyl/N-ethyl adjacent to an activating group) is 1. The molecule has 0 aromatic carbocycles. The van der Waals surface area contributed by atoms with Crippen LogP contribution in [-0.4, -0.2) is 43.3 Å². The van der Waals surface area contributed by atoms with E-state index < -0.39 is 0 Å². The Kier molecular flexibility index (Phi) is 4.45. The first-order valence-corrected chi connectivity index (χ1v) is 7.26. The maximum absolute atomic E-state index is 6.08. The normalized spacial score (nSPS) is 29.3. The minimum Gasteiger partial charge on any atom is -0.377 e. The number of nitrogens with zero attached hydrogens (tertiary/aromatic N) is 1. The summed E-state index contributed by atoms with van der Waals surface area (Å²) < 4.78 is 5.85. The van der Waals surface area contributed by atoms with Crippen molar-refractivity contribution in [1.82, 2.24) is 4.90 Å². The van der Waals surface area contributed by atoms with Crippen molar-refractivity contribution in [2.24, 2.45) is 11.7 Å². The summed E-state index contributed by atoms with van der Waals surface area (Å²) in [6.45, 7) is 5.08. The van der Waals surface area contributed by atoms with Gasteiger partial charge in [0, 0.05) is 25.2 Å². The molecule has 3 heteroatoms. The third-order valence-corrected chi connectivity index (χ3v) is 4.81. The van der Waals surface area contributed by atoms with Crippen LogP contribution in [0.15, 0.2) is 0 Å². The molecule has 3 nitrogen and oxygen atoms in total. The van der Waals surface area contributed by atoms with Gasteiger partial charge in [-0.3, -0.25) is 4.90 Å². The second kappa shape index (κ2) is 5.68. The molecule has 17 heavy (non-hydrogen) atoms. The van der Waals surface area contributed by atoms with E-state index in [-0.39, 0.29) is 5.54 Å². The molecule has 2 aliphatic rings. The molecule has 2 unspecified atom stereocenters. The Labute approximate surface area is 106 Å². The Morgan fingerprint density at radius 1 is 1.29 bits per heavy atom. The van der Waals surface area contributed by atoms with E-state index in [9.17, 15) is 0 Å². The predicted octanol–water partition coefficient (Wildman–Crippen LogP) is 2.00. The molecule has 2 N–H and O–H groups in total. The third-order valence-electron chi connectivity index (χ3n) is 4.81. The standard InChI is InChI=1S/C14H28N2O/c1-3-14(11-15,12-7-8-12)16(2)10-13-6-4-5-9-17-13/h12-13H,3-11,15H2,1-2H3. The van der Waals surface area contributed by atoms with Gasteiger partial charge in [0.2, 0.25) is 0 Å². The molecule has 0 radical (unpaired) electrons. The summed E-state index contributed by atoms with van der Waals surface area (Å²) in [4.78, 5) is 2.50. The third kappa shape index (κ3) is 2.83. The molecule has 1 saturated heterocycles. The van der Waals surface area contributed by atoms with Gasteiger partial charge in [-0.15, -0.1) is 0 Å². The molecule has 1 saturated carbocycles. The van der Waals surface area contributed by atoms with E-state index in [1.54, 1.807) is 0 Å². The average molecular weight is 240 g/mol. The van der Waals surface area contributed by atoms with Gasteiger partial charge in [-0.1, -0.05) is 6.92 Å². The zero-order chi connectivity index (χ0) is 12.3. The summed E-state index contributed by atoms with van der Waals surface area (Å²) in [6.07, 6.45) is 8.10. The first-order chi connectivity index (χ1) is 8.23. The average Bonchev–Trinajstić information content (AvgIpc) is 3.17. The number of hydrogen-bond donors (Lipinski definition) is 1. The van der Waals surface area contributed by atoms with Crippen molar-refractivity contribution < 1.29 is 4.74 Å². The van der Waals surface area contributed by atoms with E-state index in [1.807, 2.05) is 0 Å². The van der Waals surface area contributed by atoms with Gasteiger partial charge in [0.05, 0.1) is 6.10 Å². The predicted molar refractivity (Wildman–Crippen MR) is 71.0 cm³/mol. The Hall–Kier alpha value is -0.120. The molecular weight excluding hydrogens is 212 g/mol. The first-order valence-electron chi connectivity index (χ1n) is 7.26. The summed E-state index contributed by atoms with van der Waals surface area (Å²) in [6, 6.07) is 0. The quantitative estimate of drug-likeness (QED) is 0.772. The van der Waals surface area contributed by atoms with Gasteiger partial charge in [0.15, 0.2) is 0 Å². The monoisotopic (exact) mass is 240 g/mol. The fourth-order valence-corrected chi connectivity index (χ4v) is 3.40. The number of nitrogens with two attached hydrogens (primary N) is 1. The maximum atomic E-state index is 6.08. The largest absolute Gasteiger partial charge is 0.377 e. The molecule has 0 aromatic rings. The van der Waals surface area contributed by atoms with E-state index in [4.69, 9.17) is 10.5 Å². The molecule has 100 valence electrons. The van der Waals surface area contributed by atoms with Crippen LogP contribution in [0.1, 0.15) is 45.4 Å². The summed E-state index contributed by atoms with van der Waals surface area (Å²) in [7, 11) is 2.24. The Morgan fingerprint density at radius 2 is 2.06 bits per heavy atom. The lowest BCUT2D eigenvalue weighted by molar-refractivity contribution is -0.0278. The summed E-state index contributed by atoms with van der Waals surface area (Å²) in [5, 5.41) is 0. The van der Waals surface area contributed by atoms with Crippen LogP contribution in [0.5, 0.6) is 0 Å². The number of rotatable bonds is 6. The maximum Gasteiger partial charge on any atom is 0.0702 e. The highest BCUT2D eigenvalue weighted by molar-refractivity contribution is 5.02. The molecule has 2 fully saturated rings. The van der Waals surface area contributed by atoms with Gasteiger partial charge in [-0.25, -0.2) is 0 Å². The Bertz CT molecular complexity index is 230. The molecule has 2 rings (SSSR count). The van der Waals surface area contributed by atoms with Crippen molar-refractivity contribution in [1.29, 1.82) is 0 Å². The topological polar surface area (TPSA) is 38.5 Å². The van der Waals surface area contributed by atoms with Crippen LogP contribution in [0.4, 0.5) is 0 Å². The fourth-order valence-electron chi connectivity index (χ4n) is 3.40. The molecule has 1 aliphatic carbocycles. The van der Waals surface area contributed by atoms with Crippen LogP contribution in [0.2, 0.25) is 0 Å². The summed E-state index contributed by atoms with van der Waals surface area (Å²) in [5.41, 5.74) is 6.32. The van der Waals surface area contributed by atoms with Gasteiger partial charge >= 0.3 is 0 Å². The summed E-state index contributed by atoms with van der Waals surface area (Å²) in [5.74, 6) is 0.825. The number of hydrogen-bond acceptors (Lipinski definition) is 3. The SMILES string of the molecule is CCC(CN)(C1CC1)N(C)CC1CCCCO1. The second-order valence-corrected chi connectivity index (χ2v) is 5.80. The minimum absolute atomic E-state index is 0.237. The highest BCUT2D eigenvalue weighted by Crippen LogP contribution is 2.44. The molecule has 0 amide bonds. The molecule has 1 heterocycles. The summed E-state index contributed by atoms with van der Waals surface area (Å²) >= 11 is 0. The van der Waals surface area contributed by atoms with Gasteiger partial charge in [0.25, 0.3) is 0 Å². The van der Waals surface area contributed by atoms with Crippen LogP contribution in [0.25, 0.3) is 0 Å². The van der Waals surface area contributed by atoms with Crippen LogP contribution in [0.3, 0.4) is 0 Å². The molecular formula is C14H28N2O. The van der Waals surface area contributed by atoms with Crippen molar-refractivity contribution in [2.45, 2.75) is 57.1 Å². The lowest BCUT2D eigenvalue weighted by Gasteiger charge is -2.43. The van der Waals surface area contributed by atoms with Crippen molar-refractivity contribution in [3.8, 4) is 0 Å². The Morgan fingerprint density at radius 3 is 2.53 bits per heavy atom. The molecule has 1 aliphatic heterocycles. The van der Waals surface area contributed by atoms with Crippen LogP contribution in [-0.2, 0) is 4.74 Å².